The van der Waals surface area contributed by atoms with Crippen molar-refractivity contribution in [2.24, 2.45) is 0 Å². The van der Waals surface area contributed by atoms with E-state index in [-0.39, 0.29) is 23.8 Å². The lowest BCUT2D eigenvalue weighted by Crippen LogP contribution is -2.31. The van der Waals surface area contributed by atoms with Crippen molar-refractivity contribution in [3.63, 3.8) is 0 Å². The van der Waals surface area contributed by atoms with Crippen LogP contribution in [-0.2, 0) is 0 Å². The average Bonchev–Trinajstić information content (AvgIpc) is 3.20. The Kier molecular flexibility index (Phi) is 3.56. The number of carbonyl (C=O) groups excluding carboxylic acids is 1. The quantitative estimate of drug-likeness (QED) is 0.763. The van der Waals surface area contributed by atoms with Crippen molar-refractivity contribution in [2.75, 3.05) is 13.1 Å². The molecule has 0 aliphatic carbocycles. The Morgan fingerprint density at radius 3 is 2.92 bits per heavy atom. The second-order valence-corrected chi connectivity index (χ2v) is 5.88. The highest BCUT2D eigenvalue weighted by Gasteiger charge is 2.30. The highest BCUT2D eigenvalue weighted by molar-refractivity contribution is 5.94. The molecule has 1 atom stereocenters. The van der Waals surface area contributed by atoms with Gasteiger partial charge in [0.05, 0.1) is 12.2 Å². The number of amides is 1. The van der Waals surface area contributed by atoms with Crippen molar-refractivity contribution in [3.8, 4) is 0 Å². The Balaban J connectivity index is 1.60. The molecule has 3 heterocycles. The van der Waals surface area contributed by atoms with Crippen molar-refractivity contribution in [2.45, 2.75) is 12.5 Å². The maximum Gasteiger partial charge on any atom is 0.328 e. The maximum absolute atomic E-state index is 13.3. The summed E-state index contributed by atoms with van der Waals surface area (Å²) in [5.41, 5.74) is 0.765. The number of halogens is 2. The molecule has 1 aliphatic heterocycles. The van der Waals surface area contributed by atoms with Crippen LogP contribution < -0.4 is 5.69 Å². The lowest BCUT2D eigenvalue weighted by Gasteiger charge is -2.17. The number of hydrogen-bond donors (Lipinski definition) is 1. The second kappa shape index (κ2) is 5.76. The predicted octanol–water partition coefficient (Wildman–Crippen LogP) is 1.49. The van der Waals surface area contributed by atoms with Crippen LogP contribution in [0.4, 0.5) is 8.78 Å². The van der Waals surface area contributed by atoms with E-state index in [1.807, 2.05) is 0 Å². The first-order chi connectivity index (χ1) is 12.0. The van der Waals surface area contributed by atoms with Gasteiger partial charge in [0.1, 0.15) is 11.8 Å². The minimum Gasteiger partial charge on any atom is -0.336 e. The van der Waals surface area contributed by atoms with E-state index in [1.165, 1.54) is 28.1 Å². The van der Waals surface area contributed by atoms with Gasteiger partial charge in [0.2, 0.25) is 0 Å². The van der Waals surface area contributed by atoms with E-state index in [1.54, 1.807) is 0 Å². The fraction of sp³-hybridized carbons (Fsp3) is 0.250. The van der Waals surface area contributed by atoms with E-state index in [4.69, 9.17) is 0 Å². The summed E-state index contributed by atoms with van der Waals surface area (Å²) in [7, 11) is 0. The smallest absolute Gasteiger partial charge is 0.328 e. The zero-order valence-corrected chi connectivity index (χ0v) is 12.9. The van der Waals surface area contributed by atoms with Crippen molar-refractivity contribution in [1.82, 2.24) is 24.4 Å². The third-order valence-electron chi connectivity index (χ3n) is 4.36. The van der Waals surface area contributed by atoms with Crippen molar-refractivity contribution < 1.29 is 13.6 Å². The number of likely N-dealkylation sites (tertiary alicyclic amines) is 1. The lowest BCUT2D eigenvalue weighted by molar-refractivity contribution is 0.0787. The van der Waals surface area contributed by atoms with Crippen LogP contribution in [0.1, 0.15) is 22.8 Å². The summed E-state index contributed by atoms with van der Waals surface area (Å²) in [5, 5.41) is 0. The molecule has 1 saturated heterocycles. The molecule has 7 nitrogen and oxygen atoms in total. The number of nitrogens with zero attached hydrogens (tertiary/aromatic N) is 4. The third-order valence-corrected chi connectivity index (χ3v) is 4.36. The molecule has 1 fully saturated rings. The van der Waals surface area contributed by atoms with Gasteiger partial charge in [-0.2, -0.15) is 0 Å². The minimum absolute atomic E-state index is 0.0770. The molecule has 2 aromatic heterocycles. The summed E-state index contributed by atoms with van der Waals surface area (Å²) in [4.78, 5) is 36.9. The number of carbonyl (C=O) groups is 1. The van der Waals surface area contributed by atoms with E-state index < -0.39 is 17.5 Å². The molecular weight excluding hydrogens is 332 g/mol. The Hall–Kier alpha value is -3.10. The van der Waals surface area contributed by atoms with Gasteiger partial charge in [-0.3, -0.25) is 9.36 Å². The maximum atomic E-state index is 13.3. The van der Waals surface area contributed by atoms with Crippen molar-refractivity contribution in [3.05, 3.63) is 58.4 Å². The van der Waals surface area contributed by atoms with Gasteiger partial charge >= 0.3 is 5.69 Å². The third kappa shape index (κ3) is 2.57. The fourth-order valence-electron chi connectivity index (χ4n) is 3.16. The number of nitrogens with one attached hydrogen (secondary N) is 1. The molecule has 1 aliphatic rings. The molecule has 0 bridgehead atoms. The number of rotatable bonds is 2. The molecule has 0 unspecified atom stereocenters. The standard InChI is InChI=1S/C16H13F2N5O2/c17-11-2-1-9(5-12(11)18)15(24)22-4-3-10(7-22)23-14-13(21-16(23)25)6-19-8-20-14/h1-2,5-6,8,10H,3-4,7H2,(H,21,25)/t10-/m1/s1. The van der Waals surface area contributed by atoms with Gasteiger partial charge in [-0.15, -0.1) is 0 Å². The van der Waals surface area contributed by atoms with Crippen LogP contribution in [0.5, 0.6) is 0 Å². The highest BCUT2D eigenvalue weighted by Crippen LogP contribution is 2.24. The first-order valence-electron chi connectivity index (χ1n) is 7.69. The largest absolute Gasteiger partial charge is 0.336 e. The van der Waals surface area contributed by atoms with Gasteiger partial charge in [-0.05, 0) is 24.6 Å². The highest BCUT2D eigenvalue weighted by atomic mass is 19.2. The Morgan fingerprint density at radius 1 is 1.28 bits per heavy atom. The number of imidazole rings is 1. The molecular formula is C16H13F2N5O2. The van der Waals surface area contributed by atoms with Gasteiger partial charge in [0.15, 0.2) is 17.3 Å². The normalized spacial score (nSPS) is 17.4. The summed E-state index contributed by atoms with van der Waals surface area (Å²) in [6, 6.07) is 2.82. The Morgan fingerprint density at radius 2 is 2.12 bits per heavy atom. The van der Waals surface area contributed by atoms with E-state index >= 15 is 0 Å². The summed E-state index contributed by atoms with van der Waals surface area (Å²) >= 11 is 0. The second-order valence-electron chi connectivity index (χ2n) is 5.88. The summed E-state index contributed by atoms with van der Waals surface area (Å²) in [6.45, 7) is 0.696. The number of aromatic amines is 1. The van der Waals surface area contributed by atoms with E-state index in [0.717, 1.165) is 12.1 Å². The first-order valence-corrected chi connectivity index (χ1v) is 7.69. The van der Waals surface area contributed by atoms with E-state index in [9.17, 15) is 18.4 Å². The number of hydrogen-bond acceptors (Lipinski definition) is 4. The van der Waals surface area contributed by atoms with Gasteiger partial charge in [0.25, 0.3) is 5.91 Å². The van der Waals surface area contributed by atoms with E-state index in [2.05, 4.69) is 15.0 Å². The van der Waals surface area contributed by atoms with Crippen molar-refractivity contribution in [1.29, 1.82) is 0 Å². The van der Waals surface area contributed by atoms with Gasteiger partial charge < -0.3 is 9.88 Å². The summed E-state index contributed by atoms with van der Waals surface area (Å²) in [5.74, 6) is -2.46. The van der Waals surface area contributed by atoms with Crippen LogP contribution in [0.3, 0.4) is 0 Å². The van der Waals surface area contributed by atoms with Crippen molar-refractivity contribution >= 4 is 17.1 Å². The minimum atomic E-state index is -1.06. The SMILES string of the molecule is O=C(c1ccc(F)c(F)c1)N1CC[C@@H](n2c(=O)[nH]c3cncnc32)C1. The van der Waals surface area contributed by atoms with Gasteiger partial charge in [-0.1, -0.05) is 0 Å². The van der Waals surface area contributed by atoms with Gasteiger partial charge in [-0.25, -0.2) is 23.5 Å². The number of benzene rings is 1. The molecule has 4 rings (SSSR count). The van der Waals surface area contributed by atoms with Crippen LogP contribution in [-0.4, -0.2) is 43.4 Å². The molecule has 0 saturated carbocycles. The zero-order valence-electron chi connectivity index (χ0n) is 12.9. The van der Waals surface area contributed by atoms with E-state index in [0.29, 0.717) is 24.1 Å². The van der Waals surface area contributed by atoms with Crippen LogP contribution >= 0.6 is 0 Å². The van der Waals surface area contributed by atoms with Crippen LogP contribution in [0.25, 0.3) is 11.2 Å². The number of H-pyrrole nitrogens is 1. The summed E-state index contributed by atoms with van der Waals surface area (Å²) < 4.78 is 27.9. The van der Waals surface area contributed by atoms with Gasteiger partial charge in [0, 0.05) is 18.7 Å². The Bertz CT molecular complexity index is 1030. The molecule has 25 heavy (non-hydrogen) atoms. The molecule has 1 amide bonds. The Labute approximate surface area is 139 Å². The molecule has 0 radical (unpaired) electrons. The molecule has 9 heteroatoms. The topological polar surface area (TPSA) is 83.9 Å². The predicted molar refractivity (Wildman–Crippen MR) is 84.1 cm³/mol. The molecule has 128 valence electrons. The molecule has 1 aromatic carbocycles. The molecule has 0 spiro atoms. The van der Waals surface area contributed by atoms with Crippen LogP contribution in [0.2, 0.25) is 0 Å². The first kappa shape index (κ1) is 15.4. The lowest BCUT2D eigenvalue weighted by atomic mass is 10.2. The fourth-order valence-corrected chi connectivity index (χ4v) is 3.16. The molecule has 1 N–H and O–H groups in total. The monoisotopic (exact) mass is 345 g/mol. The zero-order chi connectivity index (χ0) is 17.6. The van der Waals surface area contributed by atoms with Crippen LogP contribution in [0.15, 0.2) is 35.5 Å². The molecule has 3 aromatic rings. The average molecular weight is 345 g/mol. The summed E-state index contributed by atoms with van der Waals surface area (Å²) in [6.07, 6.45) is 3.43. The number of fused-ring (bicyclic) bond motifs is 1. The number of aromatic nitrogens is 4. The van der Waals surface area contributed by atoms with Crippen LogP contribution in [0, 0.1) is 11.6 Å².